The van der Waals surface area contributed by atoms with E-state index in [0.29, 0.717) is 0 Å². The SMILES string of the molecule is CNC.O=S(=O)(O)C(F)C(F)(F)C(F)C(F)C(F)C(F)C(F)C(F)F. The van der Waals surface area contributed by atoms with Crippen LogP contribution in [0.2, 0.25) is 0 Å². The first-order valence-corrected chi connectivity index (χ1v) is 7.62. The Balaban J connectivity index is 0. The zero-order valence-electron chi connectivity index (χ0n) is 12.5. The van der Waals surface area contributed by atoms with Crippen molar-refractivity contribution in [1.82, 2.24) is 5.32 Å². The van der Waals surface area contributed by atoms with Crippen LogP contribution in [0, 0.1) is 0 Å². The molecule has 0 rings (SSSR count). The summed E-state index contributed by atoms with van der Waals surface area (Å²) in [6.07, 6.45) is -25.6. The molecule has 4 nitrogen and oxygen atoms in total. The number of rotatable bonds is 8. The molecule has 0 radical (unpaired) electrons. The Morgan fingerprint density at radius 2 is 1.12 bits per heavy atom. The Kier molecular flexibility index (Phi) is 10.9. The van der Waals surface area contributed by atoms with E-state index in [2.05, 4.69) is 5.32 Å². The summed E-state index contributed by atoms with van der Waals surface area (Å²) in [4.78, 5) is 0. The summed E-state index contributed by atoms with van der Waals surface area (Å²) >= 11 is 0. The first kappa shape index (κ1) is 26.4. The van der Waals surface area contributed by atoms with Crippen LogP contribution in [-0.4, -0.2) is 75.8 Å². The lowest BCUT2D eigenvalue weighted by Gasteiger charge is -2.27. The van der Waals surface area contributed by atoms with Gasteiger partial charge in [-0.3, -0.25) is 4.55 Å². The summed E-state index contributed by atoms with van der Waals surface area (Å²) in [5.41, 5.74) is -4.74. The van der Waals surface area contributed by atoms with E-state index in [0.717, 1.165) is 0 Å². The zero-order valence-corrected chi connectivity index (χ0v) is 13.3. The van der Waals surface area contributed by atoms with E-state index in [1.165, 1.54) is 0 Å². The Morgan fingerprint density at radius 3 is 1.40 bits per heavy atom. The van der Waals surface area contributed by atoms with E-state index in [9.17, 15) is 52.3 Å². The van der Waals surface area contributed by atoms with E-state index in [1.54, 1.807) is 0 Å². The quantitative estimate of drug-likeness (QED) is 0.469. The van der Waals surface area contributed by atoms with Crippen molar-refractivity contribution >= 4 is 10.1 Å². The minimum Gasteiger partial charge on any atom is -0.323 e. The fourth-order valence-corrected chi connectivity index (χ4v) is 1.71. The van der Waals surface area contributed by atoms with Crippen molar-refractivity contribution in [3.05, 3.63) is 0 Å². The third kappa shape index (κ3) is 7.52. The number of hydrogen-bond donors (Lipinski definition) is 2. The van der Waals surface area contributed by atoms with Crippen molar-refractivity contribution in [3.63, 3.8) is 0 Å². The van der Waals surface area contributed by atoms with Gasteiger partial charge in [-0.2, -0.15) is 17.2 Å². The molecule has 0 bridgehead atoms. The van der Waals surface area contributed by atoms with E-state index >= 15 is 0 Å². The molecule has 6 atom stereocenters. The summed E-state index contributed by atoms with van der Waals surface area (Å²) in [7, 11) is -2.50. The largest absolute Gasteiger partial charge is 0.328 e. The lowest BCUT2D eigenvalue weighted by Crippen LogP contribution is -2.52. The van der Waals surface area contributed by atoms with E-state index in [-0.39, 0.29) is 0 Å². The van der Waals surface area contributed by atoms with Gasteiger partial charge in [-0.25, -0.2) is 35.1 Å². The maximum Gasteiger partial charge on any atom is 0.328 e. The van der Waals surface area contributed by atoms with Gasteiger partial charge < -0.3 is 5.32 Å². The van der Waals surface area contributed by atoms with Crippen LogP contribution in [0.15, 0.2) is 0 Å². The highest BCUT2D eigenvalue weighted by Gasteiger charge is 2.60. The van der Waals surface area contributed by atoms with Crippen LogP contribution in [0.4, 0.5) is 43.9 Å². The molecule has 15 heteroatoms. The van der Waals surface area contributed by atoms with Crippen LogP contribution in [0.1, 0.15) is 0 Å². The van der Waals surface area contributed by atoms with E-state index < -0.39 is 58.8 Å². The summed E-state index contributed by atoms with van der Waals surface area (Å²) in [6.45, 7) is 0. The lowest BCUT2D eigenvalue weighted by molar-refractivity contribution is -0.145. The summed E-state index contributed by atoms with van der Waals surface area (Å²) in [5, 5.41) is 2.75. The molecule has 0 saturated heterocycles. The van der Waals surface area contributed by atoms with Gasteiger partial charge >= 0.3 is 16.0 Å². The van der Waals surface area contributed by atoms with Crippen LogP contribution in [0.3, 0.4) is 0 Å². The van der Waals surface area contributed by atoms with Gasteiger partial charge in [0.25, 0.3) is 11.9 Å². The van der Waals surface area contributed by atoms with Crippen molar-refractivity contribution < 1.29 is 56.9 Å². The van der Waals surface area contributed by atoms with Crippen LogP contribution < -0.4 is 5.32 Å². The van der Waals surface area contributed by atoms with Gasteiger partial charge in [0.15, 0.2) is 24.7 Å². The van der Waals surface area contributed by atoms with Gasteiger partial charge in [0.05, 0.1) is 0 Å². The maximum atomic E-state index is 13.0. The monoisotopic (exact) mass is 419 g/mol. The molecule has 0 aromatic heterocycles. The van der Waals surface area contributed by atoms with E-state index in [4.69, 9.17) is 4.55 Å². The summed E-state index contributed by atoms with van der Waals surface area (Å²) in [5.74, 6) is -5.90. The minimum atomic E-state index is -6.25. The highest BCUT2D eigenvalue weighted by molar-refractivity contribution is 7.86. The van der Waals surface area contributed by atoms with Gasteiger partial charge in [0, 0.05) is 0 Å². The van der Waals surface area contributed by atoms with Crippen molar-refractivity contribution in [3.8, 4) is 0 Å². The first-order valence-electron chi connectivity index (χ1n) is 6.12. The van der Waals surface area contributed by atoms with Gasteiger partial charge in [0.1, 0.15) is 0 Å². The molecule has 0 aliphatic rings. The van der Waals surface area contributed by atoms with Crippen LogP contribution in [0.5, 0.6) is 0 Å². The predicted octanol–water partition coefficient (Wildman–Crippen LogP) is 2.60. The van der Waals surface area contributed by atoms with Gasteiger partial charge in [-0.05, 0) is 14.1 Å². The highest BCUT2D eigenvalue weighted by atomic mass is 32.2. The molecular formula is C10H15F10NO3S. The Hall–Kier alpha value is -0.830. The highest BCUT2D eigenvalue weighted by Crippen LogP contribution is 2.36. The molecule has 0 aromatic rings. The molecule has 154 valence electrons. The second-order valence-electron chi connectivity index (χ2n) is 4.52. The van der Waals surface area contributed by atoms with Crippen molar-refractivity contribution in [2.24, 2.45) is 0 Å². The molecular weight excluding hydrogens is 404 g/mol. The van der Waals surface area contributed by atoms with Gasteiger partial charge in [-0.15, -0.1) is 0 Å². The fraction of sp³-hybridized carbons (Fsp3) is 1.00. The molecule has 0 spiro atoms. The topological polar surface area (TPSA) is 66.4 Å². The second kappa shape index (κ2) is 10.4. The number of nitrogens with one attached hydrogen (secondary N) is 1. The Labute approximate surface area is 136 Å². The molecule has 0 aliphatic carbocycles. The average Bonchev–Trinajstić information content (AvgIpc) is 2.49. The molecule has 2 N–H and O–H groups in total. The minimum absolute atomic E-state index is 1.88. The predicted molar refractivity (Wildman–Crippen MR) is 66.9 cm³/mol. The smallest absolute Gasteiger partial charge is 0.323 e. The zero-order chi connectivity index (χ0) is 20.7. The lowest BCUT2D eigenvalue weighted by atomic mass is 10.0. The third-order valence-corrected chi connectivity index (χ3v) is 3.20. The van der Waals surface area contributed by atoms with Crippen LogP contribution in [0.25, 0.3) is 0 Å². The van der Waals surface area contributed by atoms with Crippen LogP contribution in [-0.2, 0) is 10.1 Å². The normalized spacial score (nSPS) is 20.1. The summed E-state index contributed by atoms with van der Waals surface area (Å²) < 4.78 is 154. The molecule has 0 aromatic carbocycles. The number of halogens is 10. The van der Waals surface area contributed by atoms with Crippen molar-refractivity contribution in [2.75, 3.05) is 14.1 Å². The summed E-state index contributed by atoms with van der Waals surface area (Å²) in [6, 6.07) is 0. The van der Waals surface area contributed by atoms with E-state index in [1.807, 2.05) is 14.1 Å². The molecule has 0 aliphatic heterocycles. The van der Waals surface area contributed by atoms with Crippen LogP contribution >= 0.6 is 0 Å². The van der Waals surface area contributed by atoms with Gasteiger partial charge in [0.2, 0.25) is 6.17 Å². The first-order chi connectivity index (χ1) is 11.1. The standard InChI is InChI=1S/C8H8F10O3S.C2H7N/c9-1(2(10)4(12)6(14)15)3(11)5(13)8(17,18)7(16)22(19,20)21;1-3-2/h1-7H,(H,19,20,21);3H,1-2H3. The molecule has 6 unspecified atom stereocenters. The average molecular weight is 419 g/mol. The molecule has 0 heterocycles. The Bertz CT molecular complexity index is 480. The molecule has 25 heavy (non-hydrogen) atoms. The van der Waals surface area contributed by atoms with Crippen molar-refractivity contribution in [1.29, 1.82) is 0 Å². The molecule has 0 fully saturated rings. The molecule has 0 saturated carbocycles. The van der Waals surface area contributed by atoms with Gasteiger partial charge in [-0.1, -0.05) is 0 Å². The van der Waals surface area contributed by atoms with Crippen molar-refractivity contribution in [2.45, 2.75) is 48.7 Å². The number of hydrogen-bond acceptors (Lipinski definition) is 3. The second-order valence-corrected chi connectivity index (χ2v) is 5.96. The Morgan fingerprint density at radius 1 is 0.800 bits per heavy atom. The number of alkyl halides is 10. The maximum absolute atomic E-state index is 13.0. The third-order valence-electron chi connectivity index (χ3n) is 2.36. The molecule has 0 amide bonds. The fourth-order valence-electron chi connectivity index (χ4n) is 1.19.